The van der Waals surface area contributed by atoms with Gasteiger partial charge < -0.3 is 15.3 Å². The second kappa shape index (κ2) is 6.46. The van der Waals surface area contributed by atoms with E-state index in [-0.39, 0.29) is 24.4 Å². The maximum atomic E-state index is 11.7. The number of rotatable bonds is 5. The van der Waals surface area contributed by atoms with Gasteiger partial charge in [0.25, 0.3) is 0 Å². The van der Waals surface area contributed by atoms with Gasteiger partial charge in [0.15, 0.2) is 5.78 Å². The third kappa shape index (κ3) is 4.27. The van der Waals surface area contributed by atoms with Crippen molar-refractivity contribution in [3.63, 3.8) is 0 Å². The van der Waals surface area contributed by atoms with Crippen molar-refractivity contribution in [2.75, 3.05) is 6.61 Å². The number of aliphatic hydroxyl groups is 3. The van der Waals surface area contributed by atoms with Crippen LogP contribution in [-0.4, -0.2) is 39.4 Å². The number of hydrogen-bond acceptors (Lipinski definition) is 4. The van der Waals surface area contributed by atoms with E-state index in [2.05, 4.69) is 0 Å². The minimum Gasteiger partial charge on any atom is -0.392 e. The standard InChI is InChI=1S/C15H24O4/c1-10(2)5-4-6-15(3,19)12-8-13(17)11(9-16)7-14(12)18/h5,7,12,14,16,18-19H,4,6,8-9H2,1-3H3/t12-,14-,15?/m0/s1. The van der Waals surface area contributed by atoms with Crippen LogP contribution in [0.4, 0.5) is 0 Å². The Morgan fingerprint density at radius 1 is 1.53 bits per heavy atom. The van der Waals surface area contributed by atoms with Gasteiger partial charge in [-0.05, 0) is 39.7 Å². The number of hydrogen-bond donors (Lipinski definition) is 3. The van der Waals surface area contributed by atoms with E-state index in [0.29, 0.717) is 12.8 Å². The summed E-state index contributed by atoms with van der Waals surface area (Å²) in [6.45, 7) is 5.28. The van der Waals surface area contributed by atoms with E-state index in [1.54, 1.807) is 6.92 Å². The molecule has 0 saturated carbocycles. The minimum absolute atomic E-state index is 0.0788. The van der Waals surface area contributed by atoms with E-state index in [1.165, 1.54) is 11.6 Å². The summed E-state index contributed by atoms with van der Waals surface area (Å²) in [5.41, 5.74) is 0.320. The molecule has 0 heterocycles. The minimum atomic E-state index is -1.10. The molecule has 0 spiro atoms. The molecule has 0 aliphatic heterocycles. The number of Topliss-reactive ketones (excluding diaryl/α,β-unsaturated/α-hetero) is 1. The van der Waals surface area contributed by atoms with Crippen LogP contribution in [0.15, 0.2) is 23.3 Å². The van der Waals surface area contributed by atoms with Crippen molar-refractivity contribution in [3.05, 3.63) is 23.3 Å². The Kier molecular flexibility index (Phi) is 5.47. The van der Waals surface area contributed by atoms with E-state index >= 15 is 0 Å². The van der Waals surface area contributed by atoms with Gasteiger partial charge in [-0.2, -0.15) is 0 Å². The molecule has 1 unspecified atom stereocenters. The molecule has 0 amide bonds. The predicted octanol–water partition coefficient (Wildman–Crippen LogP) is 1.35. The lowest BCUT2D eigenvalue weighted by atomic mass is 9.74. The van der Waals surface area contributed by atoms with Crippen molar-refractivity contribution < 1.29 is 20.1 Å². The monoisotopic (exact) mass is 268 g/mol. The van der Waals surface area contributed by atoms with Gasteiger partial charge in [-0.25, -0.2) is 0 Å². The predicted molar refractivity (Wildman–Crippen MR) is 73.6 cm³/mol. The van der Waals surface area contributed by atoms with Gasteiger partial charge in [-0.1, -0.05) is 11.6 Å². The van der Waals surface area contributed by atoms with Gasteiger partial charge in [0.05, 0.1) is 18.3 Å². The van der Waals surface area contributed by atoms with Gasteiger partial charge in [0.1, 0.15) is 0 Å². The van der Waals surface area contributed by atoms with E-state index in [4.69, 9.17) is 5.11 Å². The lowest BCUT2D eigenvalue weighted by molar-refractivity contribution is -0.124. The molecule has 0 fully saturated rings. The zero-order valence-corrected chi connectivity index (χ0v) is 11.9. The Balaban J connectivity index is 2.76. The molecule has 3 N–H and O–H groups in total. The van der Waals surface area contributed by atoms with Gasteiger partial charge >= 0.3 is 0 Å². The third-order valence-electron chi connectivity index (χ3n) is 3.72. The van der Waals surface area contributed by atoms with Crippen LogP contribution >= 0.6 is 0 Å². The van der Waals surface area contributed by atoms with Crippen molar-refractivity contribution >= 4 is 5.78 Å². The number of aliphatic hydroxyl groups excluding tert-OH is 2. The number of carbonyl (C=O) groups excluding carboxylic acids is 1. The second-order valence-electron chi connectivity index (χ2n) is 5.75. The molecule has 1 rings (SSSR count). The van der Waals surface area contributed by atoms with Crippen LogP contribution in [0.3, 0.4) is 0 Å². The first-order valence-corrected chi connectivity index (χ1v) is 6.66. The van der Waals surface area contributed by atoms with Gasteiger partial charge in [0, 0.05) is 17.9 Å². The summed E-state index contributed by atoms with van der Waals surface area (Å²) in [6.07, 6.45) is 3.79. The molecule has 4 heteroatoms. The lowest BCUT2D eigenvalue weighted by Gasteiger charge is -2.37. The molecule has 0 aromatic heterocycles. The number of allylic oxidation sites excluding steroid dienone is 2. The molecule has 4 nitrogen and oxygen atoms in total. The molecule has 19 heavy (non-hydrogen) atoms. The van der Waals surface area contributed by atoms with Crippen molar-refractivity contribution in [1.29, 1.82) is 0 Å². The first-order chi connectivity index (χ1) is 8.77. The Hall–Kier alpha value is -0.970. The summed E-state index contributed by atoms with van der Waals surface area (Å²) >= 11 is 0. The van der Waals surface area contributed by atoms with E-state index in [0.717, 1.165) is 0 Å². The van der Waals surface area contributed by atoms with E-state index < -0.39 is 17.6 Å². The summed E-state index contributed by atoms with van der Waals surface area (Å²) in [5, 5.41) is 29.5. The number of ketones is 1. The first kappa shape index (κ1) is 16.1. The van der Waals surface area contributed by atoms with Crippen LogP contribution in [0.1, 0.15) is 40.0 Å². The average molecular weight is 268 g/mol. The van der Waals surface area contributed by atoms with Crippen LogP contribution in [0.25, 0.3) is 0 Å². The number of carbonyl (C=O) groups is 1. The van der Waals surface area contributed by atoms with Crippen molar-refractivity contribution in [2.45, 2.75) is 51.7 Å². The van der Waals surface area contributed by atoms with Gasteiger partial charge in [0.2, 0.25) is 0 Å². The Bertz CT molecular complexity index is 389. The van der Waals surface area contributed by atoms with Crippen molar-refractivity contribution in [3.8, 4) is 0 Å². The molecule has 0 saturated heterocycles. The molecule has 108 valence electrons. The molecule has 0 aromatic carbocycles. The maximum absolute atomic E-state index is 11.7. The zero-order chi connectivity index (χ0) is 14.6. The fraction of sp³-hybridized carbons (Fsp3) is 0.667. The molecule has 0 radical (unpaired) electrons. The summed E-state index contributed by atoms with van der Waals surface area (Å²) in [5.74, 6) is -0.707. The van der Waals surface area contributed by atoms with Crippen molar-refractivity contribution in [1.82, 2.24) is 0 Å². The summed E-state index contributed by atoms with van der Waals surface area (Å²) < 4.78 is 0. The van der Waals surface area contributed by atoms with Gasteiger partial charge in [-0.15, -0.1) is 0 Å². The van der Waals surface area contributed by atoms with Crippen LogP contribution in [0, 0.1) is 5.92 Å². The Morgan fingerprint density at radius 2 is 2.16 bits per heavy atom. The molecule has 1 aliphatic carbocycles. The normalized spacial score (nSPS) is 26.6. The van der Waals surface area contributed by atoms with Crippen molar-refractivity contribution in [2.24, 2.45) is 5.92 Å². The van der Waals surface area contributed by atoms with E-state index in [9.17, 15) is 15.0 Å². The second-order valence-corrected chi connectivity index (χ2v) is 5.75. The zero-order valence-electron chi connectivity index (χ0n) is 11.9. The molecule has 3 atom stereocenters. The smallest absolute Gasteiger partial charge is 0.161 e. The molecule has 1 aliphatic rings. The van der Waals surface area contributed by atoms with Crippen LogP contribution < -0.4 is 0 Å². The highest BCUT2D eigenvalue weighted by Crippen LogP contribution is 2.33. The molecule has 0 aromatic rings. The highest BCUT2D eigenvalue weighted by molar-refractivity contribution is 5.96. The fourth-order valence-electron chi connectivity index (χ4n) is 2.43. The molecule has 0 bridgehead atoms. The van der Waals surface area contributed by atoms with E-state index in [1.807, 2.05) is 19.9 Å². The highest BCUT2D eigenvalue weighted by Gasteiger charge is 2.40. The topological polar surface area (TPSA) is 77.8 Å². The SMILES string of the molecule is CC(C)=CCCC(C)(O)[C@H]1CC(=O)C(CO)=C[C@@H]1O. The Labute approximate surface area is 114 Å². The fourth-order valence-corrected chi connectivity index (χ4v) is 2.43. The van der Waals surface area contributed by atoms with Crippen LogP contribution in [0.5, 0.6) is 0 Å². The summed E-state index contributed by atoms with van der Waals surface area (Å²) in [7, 11) is 0. The lowest BCUT2D eigenvalue weighted by Crippen LogP contribution is -2.45. The van der Waals surface area contributed by atoms with Gasteiger partial charge in [-0.3, -0.25) is 4.79 Å². The quantitative estimate of drug-likeness (QED) is 0.658. The molecular formula is C15H24O4. The Morgan fingerprint density at radius 3 is 2.68 bits per heavy atom. The largest absolute Gasteiger partial charge is 0.392 e. The molecular weight excluding hydrogens is 244 g/mol. The van der Waals surface area contributed by atoms with Crippen LogP contribution in [0.2, 0.25) is 0 Å². The first-order valence-electron chi connectivity index (χ1n) is 6.66. The highest BCUT2D eigenvalue weighted by atomic mass is 16.3. The summed E-state index contributed by atoms with van der Waals surface area (Å²) in [4.78, 5) is 11.7. The average Bonchev–Trinajstić information content (AvgIpc) is 2.30. The summed E-state index contributed by atoms with van der Waals surface area (Å²) in [6, 6.07) is 0. The van der Waals surface area contributed by atoms with Crippen LogP contribution in [-0.2, 0) is 4.79 Å². The third-order valence-corrected chi connectivity index (χ3v) is 3.72. The maximum Gasteiger partial charge on any atom is 0.161 e.